The zero-order valence-corrected chi connectivity index (χ0v) is 10.4. The molecule has 76 valence electrons. The van der Waals surface area contributed by atoms with Crippen LogP contribution in [0.1, 0.15) is 10.4 Å². The average Bonchev–Trinajstić information content (AvgIpc) is 2.12. The molecule has 0 aliphatic rings. The van der Waals surface area contributed by atoms with Gasteiger partial charge in [-0.3, -0.25) is 4.79 Å². The number of amides is 1. The Labute approximate surface area is 99.4 Å². The topological polar surface area (TPSA) is 33.2 Å². The fourth-order valence-corrected chi connectivity index (χ4v) is 1.61. The van der Waals surface area contributed by atoms with Crippen LogP contribution in [0.3, 0.4) is 0 Å². The van der Waals surface area contributed by atoms with Gasteiger partial charge >= 0.3 is 0 Å². The highest BCUT2D eigenvalue weighted by molar-refractivity contribution is 14.1. The Morgan fingerprint density at radius 1 is 1.64 bits per heavy atom. The molecule has 0 atom stereocenters. The van der Waals surface area contributed by atoms with Crippen LogP contribution in [0.4, 0.5) is 4.39 Å². The summed E-state index contributed by atoms with van der Waals surface area (Å²) in [7, 11) is 3.10. The second-order valence-corrected chi connectivity index (χ2v) is 4.31. The number of hydrogen-bond donors (Lipinski definition) is 0. The molecule has 1 aromatic heterocycles. The van der Waals surface area contributed by atoms with Crippen molar-refractivity contribution in [3.8, 4) is 0 Å². The summed E-state index contributed by atoms with van der Waals surface area (Å²) in [6.07, 6.45) is 1.36. The highest BCUT2D eigenvalue weighted by Crippen LogP contribution is 2.21. The van der Waals surface area contributed by atoms with Crippen molar-refractivity contribution >= 4 is 40.1 Å². The molecule has 1 amide bonds. The van der Waals surface area contributed by atoms with E-state index in [4.69, 9.17) is 11.6 Å². The van der Waals surface area contributed by atoms with Gasteiger partial charge in [0.25, 0.3) is 5.91 Å². The molecule has 1 aromatic rings. The lowest BCUT2D eigenvalue weighted by atomic mass is 10.2. The van der Waals surface area contributed by atoms with Gasteiger partial charge < -0.3 is 4.90 Å². The largest absolute Gasteiger partial charge is 0.345 e. The predicted molar refractivity (Wildman–Crippen MR) is 59.9 cm³/mol. The van der Waals surface area contributed by atoms with Gasteiger partial charge in [-0.2, -0.15) is 0 Å². The molecule has 0 saturated carbocycles. The lowest BCUT2D eigenvalue weighted by Gasteiger charge is -2.12. The Morgan fingerprint density at radius 3 is 2.71 bits per heavy atom. The summed E-state index contributed by atoms with van der Waals surface area (Å²) < 4.78 is 13.9. The third-order valence-corrected chi connectivity index (χ3v) is 2.63. The maximum atomic E-state index is 13.4. The molecule has 1 heterocycles. The molecule has 0 bridgehead atoms. The minimum atomic E-state index is -0.766. The van der Waals surface area contributed by atoms with Gasteiger partial charge in [0, 0.05) is 23.9 Å². The van der Waals surface area contributed by atoms with Crippen LogP contribution < -0.4 is 0 Å². The third kappa shape index (κ3) is 2.14. The van der Waals surface area contributed by atoms with E-state index >= 15 is 0 Å². The molecule has 0 radical (unpaired) electrons. The van der Waals surface area contributed by atoms with Crippen molar-refractivity contribution < 1.29 is 9.18 Å². The smallest absolute Gasteiger partial charge is 0.257 e. The summed E-state index contributed by atoms with van der Waals surface area (Å²) in [5.41, 5.74) is -0.0319. The van der Waals surface area contributed by atoms with Crippen LogP contribution in [0.15, 0.2) is 6.20 Å². The molecule has 0 aromatic carbocycles. The van der Waals surface area contributed by atoms with Crippen LogP contribution in [0.5, 0.6) is 0 Å². The molecule has 3 nitrogen and oxygen atoms in total. The number of rotatable bonds is 1. The first-order valence-corrected chi connectivity index (χ1v) is 5.12. The van der Waals surface area contributed by atoms with Gasteiger partial charge in [0.05, 0.1) is 5.56 Å². The van der Waals surface area contributed by atoms with E-state index in [1.165, 1.54) is 11.1 Å². The van der Waals surface area contributed by atoms with Crippen LogP contribution in [-0.4, -0.2) is 29.9 Å². The molecule has 0 aliphatic heterocycles. The molecule has 0 saturated heterocycles. The Balaban J connectivity index is 3.33. The average molecular weight is 329 g/mol. The molecule has 14 heavy (non-hydrogen) atoms. The van der Waals surface area contributed by atoms with Gasteiger partial charge in [-0.05, 0) is 22.6 Å². The predicted octanol–water partition coefficient (Wildman–Crippen LogP) is 2.18. The molecule has 1 rings (SSSR count). The van der Waals surface area contributed by atoms with Gasteiger partial charge in [-0.1, -0.05) is 11.6 Å². The Hall–Kier alpha value is -0.430. The number of carbonyl (C=O) groups is 1. The van der Waals surface area contributed by atoms with E-state index in [9.17, 15) is 9.18 Å². The summed E-state index contributed by atoms with van der Waals surface area (Å²) in [5.74, 6) is -1.19. The van der Waals surface area contributed by atoms with Gasteiger partial charge in [-0.15, -0.1) is 0 Å². The monoisotopic (exact) mass is 328 g/mol. The second-order valence-electron chi connectivity index (χ2n) is 2.79. The summed E-state index contributed by atoms with van der Waals surface area (Å²) in [4.78, 5) is 16.4. The normalized spacial score (nSPS) is 10.1. The van der Waals surface area contributed by atoms with Crippen molar-refractivity contribution in [1.82, 2.24) is 9.88 Å². The summed E-state index contributed by atoms with van der Waals surface area (Å²) >= 11 is 7.32. The van der Waals surface area contributed by atoms with Crippen molar-refractivity contribution in [2.45, 2.75) is 0 Å². The maximum Gasteiger partial charge on any atom is 0.257 e. The summed E-state index contributed by atoms with van der Waals surface area (Å²) in [6.45, 7) is 0. The number of carbonyl (C=O) groups excluding carboxylic acids is 1. The number of pyridine rings is 1. The number of hydrogen-bond acceptors (Lipinski definition) is 2. The van der Waals surface area contributed by atoms with Crippen LogP contribution in [0, 0.1) is 9.39 Å². The quantitative estimate of drug-likeness (QED) is 0.585. The third-order valence-electron chi connectivity index (χ3n) is 1.55. The zero-order valence-electron chi connectivity index (χ0n) is 7.51. The van der Waals surface area contributed by atoms with E-state index in [1.807, 2.05) is 22.6 Å². The van der Waals surface area contributed by atoms with Crippen molar-refractivity contribution in [2.75, 3.05) is 14.1 Å². The lowest BCUT2D eigenvalue weighted by Crippen LogP contribution is -2.24. The minimum absolute atomic E-state index is 0.0319. The van der Waals surface area contributed by atoms with E-state index in [-0.39, 0.29) is 10.7 Å². The van der Waals surface area contributed by atoms with Crippen LogP contribution >= 0.6 is 34.2 Å². The number of aromatic nitrogens is 1. The summed E-state index contributed by atoms with van der Waals surface area (Å²) in [6, 6.07) is 0. The fraction of sp³-hybridized carbons (Fsp3) is 0.250. The Morgan fingerprint density at radius 2 is 2.21 bits per heavy atom. The van der Waals surface area contributed by atoms with E-state index < -0.39 is 11.7 Å². The van der Waals surface area contributed by atoms with Gasteiger partial charge in [0.1, 0.15) is 0 Å². The molecule has 0 spiro atoms. The first-order chi connectivity index (χ1) is 6.45. The second kappa shape index (κ2) is 4.39. The molecule has 0 aliphatic carbocycles. The number of halogens is 3. The van der Waals surface area contributed by atoms with Crippen molar-refractivity contribution in [3.63, 3.8) is 0 Å². The SMILES string of the molecule is CN(C)C(=O)c1c(I)cnc(Cl)c1F. The highest BCUT2D eigenvalue weighted by Gasteiger charge is 2.20. The van der Waals surface area contributed by atoms with Crippen LogP contribution in [0.2, 0.25) is 5.15 Å². The van der Waals surface area contributed by atoms with Gasteiger partial charge in [-0.25, -0.2) is 9.37 Å². The molecular formula is C8H7ClFIN2O. The standard InChI is InChI=1S/C8H7ClFIN2O/c1-13(2)8(14)5-4(11)3-12-7(9)6(5)10/h3H,1-2H3. The van der Waals surface area contributed by atoms with Crippen molar-refractivity contribution in [1.29, 1.82) is 0 Å². The molecule has 0 fully saturated rings. The van der Waals surface area contributed by atoms with Crippen molar-refractivity contribution in [2.24, 2.45) is 0 Å². The molecule has 0 unspecified atom stereocenters. The van der Waals surface area contributed by atoms with E-state index in [2.05, 4.69) is 4.98 Å². The molecule has 0 N–H and O–H groups in total. The van der Waals surface area contributed by atoms with Gasteiger partial charge in [0.15, 0.2) is 11.0 Å². The van der Waals surface area contributed by atoms with Crippen LogP contribution in [0.25, 0.3) is 0 Å². The molecular weight excluding hydrogens is 321 g/mol. The van der Waals surface area contributed by atoms with E-state index in [1.54, 1.807) is 14.1 Å². The minimum Gasteiger partial charge on any atom is -0.345 e. The zero-order chi connectivity index (χ0) is 10.9. The number of nitrogens with zero attached hydrogens (tertiary/aromatic N) is 2. The maximum absolute atomic E-state index is 13.4. The van der Waals surface area contributed by atoms with Crippen LogP contribution in [-0.2, 0) is 0 Å². The molecule has 6 heteroatoms. The van der Waals surface area contributed by atoms with E-state index in [0.717, 1.165) is 0 Å². The van der Waals surface area contributed by atoms with Gasteiger partial charge in [0.2, 0.25) is 0 Å². The van der Waals surface area contributed by atoms with E-state index in [0.29, 0.717) is 3.57 Å². The first kappa shape index (κ1) is 11.6. The Kier molecular flexibility index (Phi) is 3.65. The first-order valence-electron chi connectivity index (χ1n) is 3.66. The summed E-state index contributed by atoms with van der Waals surface area (Å²) in [5, 5.41) is -0.282. The van der Waals surface area contributed by atoms with Crippen molar-refractivity contribution in [3.05, 3.63) is 26.3 Å². The fourth-order valence-electron chi connectivity index (χ4n) is 0.862. The Bertz CT molecular complexity index is 384. The highest BCUT2D eigenvalue weighted by atomic mass is 127. The lowest BCUT2D eigenvalue weighted by molar-refractivity contribution is 0.0821.